The van der Waals surface area contributed by atoms with Gasteiger partial charge < -0.3 is 10.1 Å². The Labute approximate surface area is 188 Å². The monoisotopic (exact) mass is 484 g/mol. The second-order valence-electron chi connectivity index (χ2n) is 6.02. The Hall–Kier alpha value is -2.45. The van der Waals surface area contributed by atoms with Gasteiger partial charge in [-0.3, -0.25) is 9.52 Å². The first-order valence-corrected chi connectivity index (χ1v) is 11.1. The standard InChI is InChI=1S/C20H15Cl3N2O4S/c21-16-10-5-13(11-18(16)23)25-30(27,28)15-8-6-14(7-9-15)29-12-20(26)24-19-4-2-1-3-17(19)22/h1-11,25H,12H2,(H,24,26). The minimum absolute atomic E-state index is 0.0152. The molecule has 0 radical (unpaired) electrons. The van der Waals surface area contributed by atoms with E-state index in [2.05, 4.69) is 10.0 Å². The summed E-state index contributed by atoms with van der Waals surface area (Å²) in [7, 11) is -3.84. The molecular weight excluding hydrogens is 471 g/mol. The van der Waals surface area contributed by atoms with Crippen molar-refractivity contribution < 1.29 is 17.9 Å². The van der Waals surface area contributed by atoms with Crippen molar-refractivity contribution in [1.29, 1.82) is 0 Å². The number of carbonyl (C=O) groups excluding carboxylic acids is 1. The van der Waals surface area contributed by atoms with E-state index >= 15 is 0 Å². The molecule has 0 aliphatic rings. The molecule has 0 unspecified atom stereocenters. The molecule has 10 heteroatoms. The largest absolute Gasteiger partial charge is 0.484 e. The Kier molecular flexibility index (Phi) is 7.10. The minimum atomic E-state index is -3.84. The number of para-hydroxylation sites is 1. The summed E-state index contributed by atoms with van der Waals surface area (Å²) in [5.41, 5.74) is 0.753. The molecule has 0 saturated heterocycles. The van der Waals surface area contributed by atoms with E-state index in [0.29, 0.717) is 21.5 Å². The average molecular weight is 486 g/mol. The van der Waals surface area contributed by atoms with Crippen LogP contribution in [0.25, 0.3) is 0 Å². The van der Waals surface area contributed by atoms with Gasteiger partial charge in [-0.2, -0.15) is 0 Å². The molecule has 1 amide bonds. The molecule has 0 heterocycles. The van der Waals surface area contributed by atoms with Crippen LogP contribution < -0.4 is 14.8 Å². The van der Waals surface area contributed by atoms with E-state index in [1.807, 2.05) is 0 Å². The van der Waals surface area contributed by atoms with E-state index in [1.165, 1.54) is 42.5 Å². The van der Waals surface area contributed by atoms with Crippen LogP contribution in [0.2, 0.25) is 15.1 Å². The molecule has 3 aromatic carbocycles. The van der Waals surface area contributed by atoms with Crippen LogP contribution in [0.15, 0.2) is 71.6 Å². The number of hydrogen-bond donors (Lipinski definition) is 2. The third-order valence-electron chi connectivity index (χ3n) is 3.82. The van der Waals surface area contributed by atoms with Crippen LogP contribution >= 0.6 is 34.8 Å². The van der Waals surface area contributed by atoms with Crippen LogP contribution in [-0.2, 0) is 14.8 Å². The lowest BCUT2D eigenvalue weighted by Gasteiger charge is -2.11. The molecule has 2 N–H and O–H groups in total. The highest BCUT2D eigenvalue weighted by Crippen LogP contribution is 2.27. The summed E-state index contributed by atoms with van der Waals surface area (Å²) < 4.78 is 32.8. The van der Waals surface area contributed by atoms with Gasteiger partial charge in [0.2, 0.25) is 0 Å². The lowest BCUT2D eigenvalue weighted by atomic mass is 10.3. The fourth-order valence-electron chi connectivity index (χ4n) is 2.39. The maximum Gasteiger partial charge on any atom is 0.262 e. The Morgan fingerprint density at radius 2 is 1.57 bits per heavy atom. The average Bonchev–Trinajstić information content (AvgIpc) is 2.71. The number of nitrogens with one attached hydrogen (secondary N) is 2. The Morgan fingerprint density at radius 3 is 2.23 bits per heavy atom. The highest BCUT2D eigenvalue weighted by Gasteiger charge is 2.15. The second-order valence-corrected chi connectivity index (χ2v) is 8.93. The van der Waals surface area contributed by atoms with Crippen molar-refractivity contribution in [2.45, 2.75) is 4.90 Å². The van der Waals surface area contributed by atoms with Crippen LogP contribution in [0.5, 0.6) is 5.75 Å². The number of anilines is 2. The van der Waals surface area contributed by atoms with Gasteiger partial charge in [0.15, 0.2) is 6.61 Å². The van der Waals surface area contributed by atoms with E-state index in [9.17, 15) is 13.2 Å². The van der Waals surface area contributed by atoms with Gasteiger partial charge in [-0.1, -0.05) is 46.9 Å². The molecule has 0 spiro atoms. The lowest BCUT2D eigenvalue weighted by Crippen LogP contribution is -2.20. The molecule has 0 aromatic heterocycles. The van der Waals surface area contributed by atoms with Crippen LogP contribution in [0.3, 0.4) is 0 Å². The van der Waals surface area contributed by atoms with Gasteiger partial charge in [-0.05, 0) is 54.6 Å². The van der Waals surface area contributed by atoms with Crippen molar-refractivity contribution >= 4 is 62.1 Å². The van der Waals surface area contributed by atoms with Crippen LogP contribution in [0, 0.1) is 0 Å². The van der Waals surface area contributed by atoms with Crippen LogP contribution in [-0.4, -0.2) is 20.9 Å². The molecule has 0 bridgehead atoms. The normalized spacial score (nSPS) is 11.0. The third-order valence-corrected chi connectivity index (χ3v) is 6.29. The summed E-state index contributed by atoms with van der Waals surface area (Å²) in [6.07, 6.45) is 0. The molecule has 0 atom stereocenters. The van der Waals surface area contributed by atoms with Crippen molar-refractivity contribution in [3.05, 3.63) is 81.8 Å². The zero-order valence-electron chi connectivity index (χ0n) is 15.2. The van der Waals surface area contributed by atoms with E-state index in [1.54, 1.807) is 24.3 Å². The van der Waals surface area contributed by atoms with Gasteiger partial charge in [0.1, 0.15) is 5.75 Å². The zero-order chi connectivity index (χ0) is 21.7. The van der Waals surface area contributed by atoms with Gasteiger partial charge in [0.25, 0.3) is 15.9 Å². The van der Waals surface area contributed by atoms with E-state index < -0.39 is 15.9 Å². The van der Waals surface area contributed by atoms with Gasteiger partial charge >= 0.3 is 0 Å². The van der Waals surface area contributed by atoms with Crippen molar-refractivity contribution in [2.75, 3.05) is 16.6 Å². The van der Waals surface area contributed by atoms with Crippen molar-refractivity contribution in [3.63, 3.8) is 0 Å². The molecule has 0 aliphatic heterocycles. The Bertz CT molecular complexity index is 1170. The SMILES string of the molecule is O=C(COc1ccc(S(=O)(=O)Nc2ccc(Cl)c(Cl)c2)cc1)Nc1ccccc1Cl. The number of carbonyl (C=O) groups is 1. The summed E-state index contributed by atoms with van der Waals surface area (Å²) in [6, 6.07) is 16.8. The predicted molar refractivity (Wildman–Crippen MR) is 119 cm³/mol. The molecule has 156 valence electrons. The first-order chi connectivity index (χ1) is 14.2. The Balaban J connectivity index is 1.60. The summed E-state index contributed by atoms with van der Waals surface area (Å²) in [4.78, 5) is 12.0. The molecular formula is C20H15Cl3N2O4S. The number of amides is 1. The van der Waals surface area contributed by atoms with E-state index in [0.717, 1.165) is 0 Å². The highest BCUT2D eigenvalue weighted by atomic mass is 35.5. The molecule has 0 saturated carbocycles. The topological polar surface area (TPSA) is 84.5 Å². The Morgan fingerprint density at radius 1 is 0.867 bits per heavy atom. The highest BCUT2D eigenvalue weighted by molar-refractivity contribution is 7.92. The van der Waals surface area contributed by atoms with Crippen LogP contribution in [0.4, 0.5) is 11.4 Å². The molecule has 6 nitrogen and oxygen atoms in total. The van der Waals surface area contributed by atoms with Crippen LogP contribution in [0.1, 0.15) is 0 Å². The molecule has 30 heavy (non-hydrogen) atoms. The number of sulfonamides is 1. The number of ether oxygens (including phenoxy) is 1. The number of hydrogen-bond acceptors (Lipinski definition) is 4. The van der Waals surface area contributed by atoms with E-state index in [4.69, 9.17) is 39.5 Å². The van der Waals surface area contributed by atoms with Crippen molar-refractivity contribution in [3.8, 4) is 5.75 Å². The van der Waals surface area contributed by atoms with Gasteiger partial charge in [-0.25, -0.2) is 8.42 Å². The number of benzene rings is 3. The quantitative estimate of drug-likeness (QED) is 0.465. The van der Waals surface area contributed by atoms with Gasteiger partial charge in [0, 0.05) is 0 Å². The number of halogens is 3. The van der Waals surface area contributed by atoms with Crippen molar-refractivity contribution in [1.82, 2.24) is 0 Å². The van der Waals surface area contributed by atoms with Crippen molar-refractivity contribution in [2.24, 2.45) is 0 Å². The zero-order valence-corrected chi connectivity index (χ0v) is 18.3. The minimum Gasteiger partial charge on any atom is -0.484 e. The molecule has 0 fully saturated rings. The molecule has 3 aromatic rings. The predicted octanol–water partition coefficient (Wildman–Crippen LogP) is 5.47. The third kappa shape index (κ3) is 5.79. The molecule has 0 aliphatic carbocycles. The van der Waals surface area contributed by atoms with Gasteiger partial charge in [0.05, 0.1) is 31.3 Å². The fourth-order valence-corrected chi connectivity index (χ4v) is 3.92. The maximum absolute atomic E-state index is 12.5. The van der Waals surface area contributed by atoms with Gasteiger partial charge in [-0.15, -0.1) is 0 Å². The summed E-state index contributed by atoms with van der Waals surface area (Å²) in [6.45, 7) is -0.265. The summed E-state index contributed by atoms with van der Waals surface area (Å²) in [5, 5.41) is 3.59. The fraction of sp³-hybridized carbons (Fsp3) is 0.0500. The smallest absolute Gasteiger partial charge is 0.262 e. The first kappa shape index (κ1) is 22.2. The van der Waals surface area contributed by atoms with E-state index in [-0.39, 0.29) is 22.2 Å². The second kappa shape index (κ2) is 9.57. The summed E-state index contributed by atoms with van der Waals surface area (Å²) >= 11 is 17.7. The first-order valence-electron chi connectivity index (χ1n) is 8.50. The maximum atomic E-state index is 12.5. The lowest BCUT2D eigenvalue weighted by molar-refractivity contribution is -0.118. The number of rotatable bonds is 7. The summed E-state index contributed by atoms with van der Waals surface area (Å²) in [5.74, 6) is -0.0705. The molecule has 3 rings (SSSR count).